The Bertz CT molecular complexity index is 741. The van der Waals surface area contributed by atoms with Crippen molar-refractivity contribution >= 4 is 28.4 Å². The molecule has 0 bridgehead atoms. The molecule has 20 heavy (non-hydrogen) atoms. The number of nitrogens with two attached hydrogens (primary N) is 1. The molecule has 0 atom stereocenters. The van der Waals surface area contributed by atoms with Crippen LogP contribution in [0.15, 0.2) is 41.7 Å². The number of benzene rings is 1. The Hall–Kier alpha value is -1.88. The van der Waals surface area contributed by atoms with Crippen molar-refractivity contribution in [3.8, 4) is 0 Å². The number of nitrogen functional groups attached to an aromatic ring is 1. The zero-order valence-electron chi connectivity index (χ0n) is 11.7. The summed E-state index contributed by atoms with van der Waals surface area (Å²) in [6.07, 6.45) is 8.95. The average molecular weight is 286 g/mol. The van der Waals surface area contributed by atoms with Gasteiger partial charge in [-0.2, -0.15) is 0 Å². The second kappa shape index (κ2) is 5.25. The lowest BCUT2D eigenvalue weighted by molar-refractivity contribution is 0.668. The Morgan fingerprint density at radius 3 is 2.85 bits per heavy atom. The van der Waals surface area contributed by atoms with Crippen LogP contribution in [0.25, 0.3) is 10.9 Å². The fourth-order valence-corrected chi connectivity index (χ4v) is 3.15. The highest BCUT2D eigenvalue weighted by atomic mass is 32.2. The maximum Gasteiger partial charge on any atom is 0.110 e. The quantitative estimate of drug-likeness (QED) is 0.592. The van der Waals surface area contributed by atoms with Crippen molar-refractivity contribution in [1.82, 2.24) is 14.1 Å². The van der Waals surface area contributed by atoms with Gasteiger partial charge in [-0.25, -0.2) is 4.98 Å². The lowest BCUT2D eigenvalue weighted by Crippen LogP contribution is -2.04. The summed E-state index contributed by atoms with van der Waals surface area (Å²) >= 11 is 1.73. The van der Waals surface area contributed by atoms with Crippen LogP contribution in [-0.4, -0.2) is 20.4 Å². The molecule has 3 aromatic rings. The van der Waals surface area contributed by atoms with E-state index in [9.17, 15) is 0 Å². The first-order valence-electron chi connectivity index (χ1n) is 6.57. The summed E-state index contributed by atoms with van der Waals surface area (Å²) in [4.78, 5) is 5.60. The third kappa shape index (κ3) is 2.29. The number of anilines is 1. The Morgan fingerprint density at radius 2 is 2.15 bits per heavy atom. The standard InChI is InChI=1S/C15H18N4S/c1-18-8-5-17-15(18)4-7-19-6-3-12-13(19)9-11(16)10-14(12)20-2/h3,5-6,8-10H,4,7,16H2,1-2H3. The normalized spacial score (nSPS) is 11.3. The molecule has 0 amide bonds. The third-order valence-electron chi connectivity index (χ3n) is 3.59. The molecule has 2 N–H and O–H groups in total. The molecular weight excluding hydrogens is 268 g/mol. The van der Waals surface area contributed by atoms with Crippen LogP contribution in [0.4, 0.5) is 5.69 Å². The molecule has 2 heterocycles. The van der Waals surface area contributed by atoms with Gasteiger partial charge < -0.3 is 14.9 Å². The summed E-state index contributed by atoms with van der Waals surface area (Å²) in [5, 5.41) is 1.27. The monoisotopic (exact) mass is 286 g/mol. The fourth-order valence-electron chi connectivity index (χ4n) is 2.50. The van der Waals surface area contributed by atoms with Gasteiger partial charge >= 0.3 is 0 Å². The molecule has 0 saturated heterocycles. The van der Waals surface area contributed by atoms with E-state index in [0.29, 0.717) is 0 Å². The van der Waals surface area contributed by atoms with Crippen LogP contribution in [0.1, 0.15) is 5.82 Å². The first-order valence-corrected chi connectivity index (χ1v) is 7.80. The first-order chi connectivity index (χ1) is 9.69. The third-order valence-corrected chi connectivity index (χ3v) is 4.37. The molecule has 0 aliphatic carbocycles. The van der Waals surface area contributed by atoms with E-state index < -0.39 is 0 Å². The minimum Gasteiger partial charge on any atom is -0.399 e. The number of aromatic nitrogens is 3. The van der Waals surface area contributed by atoms with Crippen LogP contribution in [0.2, 0.25) is 0 Å². The van der Waals surface area contributed by atoms with Crippen LogP contribution >= 0.6 is 11.8 Å². The summed E-state index contributed by atoms with van der Waals surface area (Å²) in [7, 11) is 2.03. The number of thioether (sulfide) groups is 1. The molecule has 5 heteroatoms. The van der Waals surface area contributed by atoms with Crippen LogP contribution in [0, 0.1) is 0 Å². The lowest BCUT2D eigenvalue weighted by Gasteiger charge is -2.08. The Balaban J connectivity index is 1.92. The van der Waals surface area contributed by atoms with E-state index in [2.05, 4.69) is 32.6 Å². The number of aryl methyl sites for hydroxylation is 3. The Labute approximate surface area is 122 Å². The molecular formula is C15H18N4S. The smallest absolute Gasteiger partial charge is 0.110 e. The van der Waals surface area contributed by atoms with E-state index in [1.54, 1.807) is 11.8 Å². The highest BCUT2D eigenvalue weighted by Gasteiger charge is 2.08. The van der Waals surface area contributed by atoms with Crippen LogP contribution in [0.5, 0.6) is 0 Å². The van der Waals surface area contributed by atoms with E-state index in [1.807, 2.05) is 31.6 Å². The van der Waals surface area contributed by atoms with Crippen molar-refractivity contribution in [2.75, 3.05) is 12.0 Å². The maximum absolute atomic E-state index is 6.00. The molecule has 0 saturated carbocycles. The van der Waals surface area contributed by atoms with Crippen LogP contribution in [-0.2, 0) is 20.0 Å². The van der Waals surface area contributed by atoms with E-state index in [1.165, 1.54) is 15.8 Å². The topological polar surface area (TPSA) is 48.8 Å². The number of rotatable bonds is 4. The number of hydrogen-bond acceptors (Lipinski definition) is 3. The molecule has 0 fully saturated rings. The van der Waals surface area contributed by atoms with E-state index in [4.69, 9.17) is 5.73 Å². The van der Waals surface area contributed by atoms with Crippen LogP contribution < -0.4 is 5.73 Å². The largest absolute Gasteiger partial charge is 0.399 e. The highest BCUT2D eigenvalue weighted by molar-refractivity contribution is 7.98. The second-order valence-electron chi connectivity index (χ2n) is 4.87. The number of nitrogens with zero attached hydrogens (tertiary/aromatic N) is 3. The predicted molar refractivity (Wildman–Crippen MR) is 85.0 cm³/mol. The molecule has 4 nitrogen and oxygen atoms in total. The molecule has 0 aliphatic rings. The van der Waals surface area contributed by atoms with Gasteiger partial charge in [0.25, 0.3) is 0 Å². The summed E-state index contributed by atoms with van der Waals surface area (Å²) in [6, 6.07) is 6.25. The minimum atomic E-state index is 0.818. The minimum absolute atomic E-state index is 0.818. The number of imidazole rings is 1. The molecule has 0 spiro atoms. The van der Waals surface area contributed by atoms with Crippen molar-refractivity contribution in [2.24, 2.45) is 7.05 Å². The summed E-state index contributed by atoms with van der Waals surface area (Å²) < 4.78 is 4.31. The number of hydrogen-bond donors (Lipinski definition) is 1. The Kier molecular flexibility index (Phi) is 3.44. The highest BCUT2D eigenvalue weighted by Crippen LogP contribution is 2.30. The zero-order valence-corrected chi connectivity index (χ0v) is 12.5. The van der Waals surface area contributed by atoms with Gasteiger partial charge in [-0.1, -0.05) is 0 Å². The van der Waals surface area contributed by atoms with Crippen LogP contribution in [0.3, 0.4) is 0 Å². The van der Waals surface area contributed by atoms with Gasteiger partial charge in [0.1, 0.15) is 5.82 Å². The van der Waals surface area contributed by atoms with E-state index in [-0.39, 0.29) is 0 Å². The van der Waals surface area contributed by atoms with Crippen molar-refractivity contribution in [3.05, 3.63) is 42.6 Å². The fraction of sp³-hybridized carbons (Fsp3) is 0.267. The van der Waals surface area contributed by atoms with E-state index >= 15 is 0 Å². The summed E-state index contributed by atoms with van der Waals surface area (Å²) in [6.45, 7) is 0.908. The molecule has 1 aromatic carbocycles. The zero-order chi connectivity index (χ0) is 14.1. The SMILES string of the molecule is CSc1cc(N)cc2c1ccn2CCc1nccn1C. The molecule has 2 aromatic heterocycles. The molecule has 104 valence electrons. The average Bonchev–Trinajstić information content (AvgIpc) is 3.02. The van der Waals surface area contributed by atoms with Crippen molar-refractivity contribution in [1.29, 1.82) is 0 Å². The van der Waals surface area contributed by atoms with Crippen molar-refractivity contribution in [3.63, 3.8) is 0 Å². The Morgan fingerprint density at radius 1 is 1.30 bits per heavy atom. The lowest BCUT2D eigenvalue weighted by atomic mass is 10.2. The van der Waals surface area contributed by atoms with Gasteiger partial charge in [-0.05, 0) is 24.5 Å². The first kappa shape index (κ1) is 13.1. The second-order valence-corrected chi connectivity index (χ2v) is 5.72. The van der Waals surface area contributed by atoms with Crippen molar-refractivity contribution in [2.45, 2.75) is 17.9 Å². The van der Waals surface area contributed by atoms with Gasteiger partial charge in [-0.3, -0.25) is 0 Å². The molecule has 0 radical (unpaired) electrons. The summed E-state index contributed by atoms with van der Waals surface area (Å²) in [5.41, 5.74) is 8.02. The molecule has 0 aliphatic heterocycles. The van der Waals surface area contributed by atoms with E-state index in [0.717, 1.165) is 24.5 Å². The summed E-state index contributed by atoms with van der Waals surface area (Å²) in [5.74, 6) is 1.10. The van der Waals surface area contributed by atoms with Gasteiger partial charge in [0.2, 0.25) is 0 Å². The molecule has 0 unspecified atom stereocenters. The van der Waals surface area contributed by atoms with Crippen molar-refractivity contribution < 1.29 is 0 Å². The molecule has 3 rings (SSSR count). The van der Waals surface area contributed by atoms with Gasteiger partial charge in [0.05, 0.1) is 5.52 Å². The maximum atomic E-state index is 6.00. The van der Waals surface area contributed by atoms with Gasteiger partial charge in [0, 0.05) is 54.6 Å². The predicted octanol–water partition coefficient (Wildman–Crippen LogP) is 2.92. The van der Waals surface area contributed by atoms with Gasteiger partial charge in [-0.15, -0.1) is 11.8 Å². The van der Waals surface area contributed by atoms with Gasteiger partial charge in [0.15, 0.2) is 0 Å². The number of fused-ring (bicyclic) bond motifs is 1.